The third kappa shape index (κ3) is 2.75. The Balaban J connectivity index is 2.86. The van der Waals surface area contributed by atoms with Crippen LogP contribution in [-0.2, 0) is 4.79 Å². The molecule has 0 aliphatic heterocycles. The maximum atomic E-state index is 11.1. The number of carbonyl (C=O) groups is 2. The van der Waals surface area contributed by atoms with Gasteiger partial charge in [0, 0.05) is 11.8 Å². The van der Waals surface area contributed by atoms with Crippen LogP contribution in [0.5, 0.6) is 5.75 Å². The van der Waals surface area contributed by atoms with Crippen molar-refractivity contribution in [2.75, 3.05) is 5.32 Å². The normalized spacial score (nSPS) is 9.19. The number of amides is 1. The molecule has 0 atom stereocenters. The van der Waals surface area contributed by atoms with Crippen LogP contribution in [0.4, 0.5) is 5.69 Å². The first-order chi connectivity index (χ1) is 7.54. The number of hydrogen-bond donors (Lipinski definition) is 3. The summed E-state index contributed by atoms with van der Waals surface area (Å²) in [5.41, 5.74) is 0.0673. The molecule has 0 aromatic heterocycles. The molecule has 5 nitrogen and oxygen atoms in total. The van der Waals surface area contributed by atoms with Crippen molar-refractivity contribution in [3.63, 3.8) is 0 Å². The van der Waals surface area contributed by atoms with Crippen molar-refractivity contribution in [3.8, 4) is 18.1 Å². The number of phenols is 1. The molecular formula is C11H9NO4. The van der Waals surface area contributed by atoms with E-state index in [4.69, 9.17) is 11.5 Å². The molecule has 0 saturated heterocycles. The van der Waals surface area contributed by atoms with E-state index in [1.54, 1.807) is 0 Å². The van der Waals surface area contributed by atoms with E-state index in [9.17, 15) is 14.7 Å². The number of aromatic carboxylic acids is 1. The van der Waals surface area contributed by atoms with Crippen molar-refractivity contribution in [1.82, 2.24) is 0 Å². The van der Waals surface area contributed by atoms with Crippen LogP contribution >= 0.6 is 0 Å². The van der Waals surface area contributed by atoms with Crippen LogP contribution < -0.4 is 5.32 Å². The molecule has 0 saturated carbocycles. The molecule has 3 N–H and O–H groups in total. The highest BCUT2D eigenvalue weighted by Gasteiger charge is 2.10. The number of rotatable bonds is 3. The summed E-state index contributed by atoms with van der Waals surface area (Å²) in [7, 11) is 0. The van der Waals surface area contributed by atoms with Gasteiger partial charge in [0.15, 0.2) is 0 Å². The summed E-state index contributed by atoms with van der Waals surface area (Å²) in [5, 5.41) is 20.4. The largest absolute Gasteiger partial charge is 0.507 e. The van der Waals surface area contributed by atoms with Gasteiger partial charge in [-0.05, 0) is 12.1 Å². The first kappa shape index (κ1) is 11.6. The molecule has 1 aromatic rings. The van der Waals surface area contributed by atoms with Crippen molar-refractivity contribution >= 4 is 17.6 Å². The summed E-state index contributed by atoms with van der Waals surface area (Å²) < 4.78 is 0. The summed E-state index contributed by atoms with van der Waals surface area (Å²) in [5.74, 6) is 0.117. The molecule has 0 spiro atoms. The minimum atomic E-state index is -1.24. The zero-order chi connectivity index (χ0) is 12.1. The zero-order valence-corrected chi connectivity index (χ0v) is 8.23. The predicted molar refractivity (Wildman–Crippen MR) is 57.1 cm³/mol. The SMILES string of the molecule is C#CCC(=O)Nc1ccc(C(=O)O)c(O)c1. The maximum Gasteiger partial charge on any atom is 0.339 e. The molecule has 0 radical (unpaired) electrons. The van der Waals surface area contributed by atoms with Gasteiger partial charge in [0.05, 0.1) is 6.42 Å². The van der Waals surface area contributed by atoms with Crippen molar-refractivity contribution in [3.05, 3.63) is 23.8 Å². The Hall–Kier alpha value is -2.48. The van der Waals surface area contributed by atoms with Crippen molar-refractivity contribution in [2.24, 2.45) is 0 Å². The molecule has 0 aliphatic rings. The fourth-order valence-electron chi connectivity index (χ4n) is 1.09. The van der Waals surface area contributed by atoms with Gasteiger partial charge >= 0.3 is 5.97 Å². The average Bonchev–Trinajstić information content (AvgIpc) is 2.17. The number of nitrogens with one attached hydrogen (secondary N) is 1. The van der Waals surface area contributed by atoms with Crippen molar-refractivity contribution in [1.29, 1.82) is 0 Å². The van der Waals surface area contributed by atoms with Gasteiger partial charge in [0.2, 0.25) is 5.91 Å². The van der Waals surface area contributed by atoms with Crippen LogP contribution in [0.2, 0.25) is 0 Å². The summed E-state index contributed by atoms with van der Waals surface area (Å²) in [6, 6.07) is 3.72. The topological polar surface area (TPSA) is 86.6 Å². The Kier molecular flexibility index (Phi) is 3.51. The number of hydrogen-bond acceptors (Lipinski definition) is 3. The lowest BCUT2D eigenvalue weighted by atomic mass is 10.2. The minimum absolute atomic E-state index is 0.0819. The summed E-state index contributed by atoms with van der Waals surface area (Å²) in [6.07, 6.45) is 4.86. The first-order valence-electron chi connectivity index (χ1n) is 4.34. The number of carboxylic acid groups (broad SMARTS) is 1. The van der Waals surface area contributed by atoms with Crippen LogP contribution in [0.25, 0.3) is 0 Å². The lowest BCUT2D eigenvalue weighted by molar-refractivity contribution is -0.115. The quantitative estimate of drug-likeness (QED) is 0.663. The molecular weight excluding hydrogens is 210 g/mol. The minimum Gasteiger partial charge on any atom is -0.507 e. The Morgan fingerprint density at radius 2 is 2.12 bits per heavy atom. The molecule has 0 unspecified atom stereocenters. The molecule has 82 valence electrons. The highest BCUT2D eigenvalue weighted by atomic mass is 16.4. The number of terminal acetylenes is 1. The standard InChI is InChI=1S/C11H9NO4/c1-2-3-10(14)12-7-4-5-8(11(15)16)9(13)6-7/h1,4-6,13H,3H2,(H,12,14)(H,15,16). The fraction of sp³-hybridized carbons (Fsp3) is 0.0909. The fourth-order valence-corrected chi connectivity index (χ4v) is 1.09. The first-order valence-corrected chi connectivity index (χ1v) is 4.34. The van der Waals surface area contributed by atoms with Crippen LogP contribution in [-0.4, -0.2) is 22.1 Å². The Morgan fingerprint density at radius 1 is 1.44 bits per heavy atom. The van der Waals surface area contributed by atoms with Gasteiger partial charge in [-0.1, -0.05) is 5.92 Å². The average molecular weight is 219 g/mol. The number of benzene rings is 1. The van der Waals surface area contributed by atoms with E-state index in [-0.39, 0.29) is 12.0 Å². The van der Waals surface area contributed by atoms with Gasteiger partial charge in [-0.15, -0.1) is 6.42 Å². The van der Waals surface area contributed by atoms with E-state index in [1.165, 1.54) is 12.1 Å². The monoisotopic (exact) mass is 219 g/mol. The van der Waals surface area contributed by atoms with Gasteiger partial charge in [-0.2, -0.15) is 0 Å². The van der Waals surface area contributed by atoms with Gasteiger partial charge in [-0.3, -0.25) is 4.79 Å². The molecule has 5 heteroatoms. The molecule has 1 amide bonds. The highest BCUT2D eigenvalue weighted by Crippen LogP contribution is 2.21. The number of anilines is 1. The third-order valence-corrected chi connectivity index (χ3v) is 1.77. The van der Waals surface area contributed by atoms with Crippen LogP contribution in [0.15, 0.2) is 18.2 Å². The van der Waals surface area contributed by atoms with E-state index in [2.05, 4.69) is 11.2 Å². The van der Waals surface area contributed by atoms with Crippen molar-refractivity contribution in [2.45, 2.75) is 6.42 Å². The van der Waals surface area contributed by atoms with Crippen molar-refractivity contribution < 1.29 is 19.8 Å². The molecule has 0 bridgehead atoms. The van der Waals surface area contributed by atoms with Gasteiger partial charge in [0.25, 0.3) is 0 Å². The number of carbonyl (C=O) groups excluding carboxylic acids is 1. The lowest BCUT2D eigenvalue weighted by Crippen LogP contribution is -2.10. The molecule has 16 heavy (non-hydrogen) atoms. The molecule has 1 aromatic carbocycles. The van der Waals surface area contributed by atoms with E-state index >= 15 is 0 Å². The Bertz CT molecular complexity index is 473. The van der Waals surface area contributed by atoms with Crippen LogP contribution in [0.3, 0.4) is 0 Å². The Labute approximate surface area is 91.7 Å². The van der Waals surface area contributed by atoms with Gasteiger partial charge in [0.1, 0.15) is 11.3 Å². The molecule has 0 aliphatic carbocycles. The molecule has 0 fully saturated rings. The predicted octanol–water partition coefficient (Wildman–Crippen LogP) is 1.05. The van der Waals surface area contributed by atoms with Gasteiger partial charge < -0.3 is 15.5 Å². The third-order valence-electron chi connectivity index (χ3n) is 1.77. The highest BCUT2D eigenvalue weighted by molar-refractivity contribution is 5.95. The molecule has 1 rings (SSSR count). The summed E-state index contributed by atoms with van der Waals surface area (Å²) in [4.78, 5) is 21.7. The van der Waals surface area contributed by atoms with E-state index in [0.29, 0.717) is 5.69 Å². The maximum absolute atomic E-state index is 11.1. The lowest BCUT2D eigenvalue weighted by Gasteiger charge is -2.05. The second-order valence-electron chi connectivity index (χ2n) is 2.97. The van der Waals surface area contributed by atoms with E-state index in [1.807, 2.05) is 0 Å². The zero-order valence-electron chi connectivity index (χ0n) is 8.23. The number of aromatic hydroxyl groups is 1. The summed E-state index contributed by atoms with van der Waals surface area (Å²) >= 11 is 0. The molecule has 0 heterocycles. The van der Waals surface area contributed by atoms with Gasteiger partial charge in [-0.25, -0.2) is 4.79 Å². The van der Waals surface area contributed by atoms with Crippen LogP contribution in [0, 0.1) is 12.3 Å². The van der Waals surface area contributed by atoms with E-state index in [0.717, 1.165) is 6.07 Å². The second-order valence-corrected chi connectivity index (χ2v) is 2.97. The number of carboxylic acids is 1. The second kappa shape index (κ2) is 4.84. The van der Waals surface area contributed by atoms with Crippen LogP contribution in [0.1, 0.15) is 16.8 Å². The Morgan fingerprint density at radius 3 is 2.62 bits per heavy atom. The smallest absolute Gasteiger partial charge is 0.339 e. The van der Waals surface area contributed by atoms with E-state index < -0.39 is 17.6 Å². The summed E-state index contributed by atoms with van der Waals surface area (Å²) in [6.45, 7) is 0.